The van der Waals surface area contributed by atoms with Crippen molar-refractivity contribution in [2.24, 2.45) is 0 Å². The number of imidazole rings is 1. The molecule has 1 aromatic carbocycles. The van der Waals surface area contributed by atoms with Crippen molar-refractivity contribution in [1.82, 2.24) is 15.0 Å². The van der Waals surface area contributed by atoms with E-state index in [1.807, 2.05) is 0 Å². The molecule has 3 rings (SSSR count). The Bertz CT molecular complexity index is 1060. The minimum Gasteiger partial charge on any atom is -0.493 e. The SMILES string of the molecule is O.[2H]C([2H])([2H])Oc1ccnc(CS(=O)c2nc3ccc(OC(F)F)cc3[nH]2)c1OC.[Na]. The molecular weight excluding hydrogens is 407 g/mol. The second-order valence-corrected chi connectivity index (χ2v) is 6.35. The van der Waals surface area contributed by atoms with E-state index < -0.39 is 24.4 Å². The third-order valence-corrected chi connectivity index (χ3v) is 4.56. The minimum absolute atomic E-state index is 0. The number of fused-ring (bicyclic) bond motifs is 1. The number of hydrogen-bond donors (Lipinski definition) is 1. The third-order valence-electron chi connectivity index (χ3n) is 3.40. The van der Waals surface area contributed by atoms with E-state index in [4.69, 9.17) is 13.6 Å². The van der Waals surface area contributed by atoms with Crippen LogP contribution in [-0.4, -0.2) is 75.0 Å². The summed E-state index contributed by atoms with van der Waals surface area (Å²) in [6.45, 7) is -2.97. The van der Waals surface area contributed by atoms with Gasteiger partial charge in [-0.15, -0.1) is 0 Å². The average Bonchev–Trinajstić information content (AvgIpc) is 3.03. The Morgan fingerprint density at radius 1 is 1.32 bits per heavy atom. The van der Waals surface area contributed by atoms with Crippen molar-refractivity contribution >= 4 is 51.4 Å². The average molecular weight is 427 g/mol. The molecule has 0 aliphatic carbocycles. The fourth-order valence-electron chi connectivity index (χ4n) is 2.31. The molecule has 1 radical (unpaired) electrons. The summed E-state index contributed by atoms with van der Waals surface area (Å²) in [5.74, 6) is -0.235. The van der Waals surface area contributed by atoms with Crippen molar-refractivity contribution in [2.75, 3.05) is 14.1 Å². The maximum atomic E-state index is 12.7. The summed E-state index contributed by atoms with van der Waals surface area (Å²) >= 11 is 0. The Labute approximate surface area is 187 Å². The number of rotatable bonds is 7. The van der Waals surface area contributed by atoms with Gasteiger partial charge >= 0.3 is 6.61 Å². The number of methoxy groups -OCH3 is 2. The van der Waals surface area contributed by atoms with Crippen LogP contribution in [0.25, 0.3) is 11.0 Å². The van der Waals surface area contributed by atoms with Crippen LogP contribution in [-0.2, 0) is 16.6 Å². The first-order chi connectivity index (χ1) is 13.7. The number of alkyl halides is 2. The Balaban J connectivity index is 0.00000240. The molecule has 28 heavy (non-hydrogen) atoms. The maximum absolute atomic E-state index is 12.7. The van der Waals surface area contributed by atoms with Crippen molar-refractivity contribution in [3.8, 4) is 17.2 Å². The Hall–Kier alpha value is -1.79. The van der Waals surface area contributed by atoms with Crippen LogP contribution in [0.15, 0.2) is 35.6 Å². The predicted molar refractivity (Wildman–Crippen MR) is 99.5 cm³/mol. The molecule has 12 heteroatoms. The van der Waals surface area contributed by atoms with Crippen molar-refractivity contribution < 1.29 is 36.8 Å². The van der Waals surface area contributed by atoms with Crippen LogP contribution in [0.4, 0.5) is 8.78 Å². The van der Waals surface area contributed by atoms with Gasteiger partial charge in [0.1, 0.15) is 5.75 Å². The zero-order valence-electron chi connectivity index (χ0n) is 17.9. The van der Waals surface area contributed by atoms with E-state index >= 15 is 0 Å². The molecule has 2 aromatic heterocycles. The Morgan fingerprint density at radius 3 is 2.79 bits per heavy atom. The second kappa shape index (κ2) is 10.7. The Kier molecular flexibility index (Phi) is 7.44. The largest absolute Gasteiger partial charge is 0.493 e. The van der Waals surface area contributed by atoms with Gasteiger partial charge in [0.2, 0.25) is 0 Å². The number of halogens is 2. The minimum atomic E-state index is -2.97. The van der Waals surface area contributed by atoms with Crippen LogP contribution in [0.1, 0.15) is 9.81 Å². The molecule has 0 spiro atoms. The normalized spacial score (nSPS) is 13.5. The quantitative estimate of drug-likeness (QED) is 0.573. The van der Waals surface area contributed by atoms with Crippen molar-refractivity contribution in [2.45, 2.75) is 17.5 Å². The van der Waals surface area contributed by atoms with Crippen LogP contribution in [0.5, 0.6) is 17.2 Å². The topological polar surface area (TPSA) is 118 Å². The second-order valence-electron chi connectivity index (χ2n) is 4.98. The molecule has 1 atom stereocenters. The molecule has 0 saturated heterocycles. The van der Waals surface area contributed by atoms with Crippen LogP contribution in [0.2, 0.25) is 0 Å². The van der Waals surface area contributed by atoms with Crippen molar-refractivity contribution in [3.63, 3.8) is 0 Å². The molecule has 1 unspecified atom stereocenters. The first kappa shape index (κ1) is 19.5. The van der Waals surface area contributed by atoms with Crippen LogP contribution in [0.3, 0.4) is 0 Å². The number of nitrogens with one attached hydrogen (secondary N) is 1. The van der Waals surface area contributed by atoms with Gasteiger partial charge in [0.15, 0.2) is 16.7 Å². The van der Waals surface area contributed by atoms with Crippen molar-refractivity contribution in [1.29, 1.82) is 0 Å². The van der Waals surface area contributed by atoms with Crippen molar-refractivity contribution in [3.05, 3.63) is 36.2 Å². The van der Waals surface area contributed by atoms with Crippen LogP contribution < -0.4 is 14.2 Å². The van der Waals surface area contributed by atoms with E-state index in [1.165, 1.54) is 37.6 Å². The molecule has 0 amide bonds. The molecule has 8 nitrogen and oxygen atoms in total. The number of pyridine rings is 1. The molecule has 0 bridgehead atoms. The smallest absolute Gasteiger partial charge is 0.387 e. The summed E-state index contributed by atoms with van der Waals surface area (Å²) in [4.78, 5) is 11.1. The molecular formula is C16H17F2N3NaO5S. The van der Waals surface area contributed by atoms with Crippen LogP contribution in [0, 0.1) is 0 Å². The summed E-state index contributed by atoms with van der Waals surface area (Å²) in [6.07, 6.45) is 1.31. The maximum Gasteiger partial charge on any atom is 0.387 e. The summed E-state index contributed by atoms with van der Waals surface area (Å²) in [6, 6.07) is 5.41. The zero-order chi connectivity index (χ0) is 21.2. The standard InChI is InChI=1S/C16H15F2N3O4S.Na.H2O/c1-23-13-5-6-19-12(14(13)24-2)8-26(22)16-20-10-4-3-9(25-15(17)18)7-11(10)21-16;;/h3-7,15H,8H2,1-2H3,(H,20,21);;1H2/i1D3;;. The number of aromatic amines is 1. The number of ether oxygens (including phenoxy) is 3. The van der Waals surface area contributed by atoms with E-state index in [0.29, 0.717) is 11.0 Å². The van der Waals surface area contributed by atoms with E-state index in [2.05, 4.69) is 19.7 Å². The molecule has 3 aromatic rings. The molecule has 0 saturated carbocycles. The van der Waals surface area contributed by atoms with E-state index in [9.17, 15) is 13.0 Å². The van der Waals surface area contributed by atoms with Gasteiger partial charge in [-0.25, -0.2) is 4.98 Å². The molecule has 3 N–H and O–H groups in total. The first-order valence-corrected chi connectivity index (χ1v) is 8.52. The van der Waals surface area contributed by atoms with E-state index in [0.717, 1.165) is 0 Å². The third kappa shape index (κ3) is 5.39. The van der Waals surface area contributed by atoms with Gasteiger partial charge in [-0.3, -0.25) is 9.19 Å². The number of aromatic nitrogens is 3. The molecule has 0 fully saturated rings. The van der Waals surface area contributed by atoms with E-state index in [1.54, 1.807) is 0 Å². The van der Waals surface area contributed by atoms with Gasteiger partial charge in [-0.2, -0.15) is 8.78 Å². The first-order valence-electron chi connectivity index (χ1n) is 8.70. The Morgan fingerprint density at radius 2 is 2.11 bits per heavy atom. The van der Waals surface area contributed by atoms with Crippen LogP contribution >= 0.6 is 0 Å². The monoisotopic (exact) mass is 427 g/mol. The van der Waals surface area contributed by atoms with Gasteiger partial charge in [-0.1, -0.05) is 0 Å². The molecule has 0 aliphatic heterocycles. The number of benzene rings is 1. The van der Waals surface area contributed by atoms with Gasteiger partial charge in [0.05, 0.1) is 51.5 Å². The zero-order valence-corrected chi connectivity index (χ0v) is 17.7. The summed E-state index contributed by atoms with van der Waals surface area (Å²) < 4.78 is 73.4. The van der Waals surface area contributed by atoms with E-state index in [-0.39, 0.29) is 68.9 Å². The predicted octanol–water partition coefficient (Wildman–Crippen LogP) is 1.68. The number of H-pyrrole nitrogens is 1. The summed E-state index contributed by atoms with van der Waals surface area (Å²) in [5, 5.41) is 0.0835. The molecule has 2 heterocycles. The fraction of sp³-hybridized carbons (Fsp3) is 0.250. The summed E-state index contributed by atoms with van der Waals surface area (Å²) in [7, 11) is -3.11. The van der Waals surface area contributed by atoms with Gasteiger partial charge in [0.25, 0.3) is 0 Å². The number of nitrogens with zero attached hydrogens (tertiary/aromatic N) is 2. The number of hydrogen-bond acceptors (Lipinski definition) is 6. The summed E-state index contributed by atoms with van der Waals surface area (Å²) in [5.41, 5.74) is 0.982. The molecule has 0 aliphatic rings. The van der Waals surface area contributed by atoms with Gasteiger partial charge in [-0.05, 0) is 12.1 Å². The van der Waals surface area contributed by atoms with Gasteiger partial charge < -0.3 is 24.7 Å². The van der Waals surface area contributed by atoms with Gasteiger partial charge in [0, 0.05) is 47.9 Å². The fourth-order valence-corrected chi connectivity index (χ4v) is 3.33. The molecule has 147 valence electrons.